The fraction of sp³-hybridized carbons (Fsp3) is 0.286. The third-order valence-electron chi connectivity index (χ3n) is 6.65. The van der Waals surface area contributed by atoms with Gasteiger partial charge in [0.1, 0.15) is 5.82 Å². The summed E-state index contributed by atoms with van der Waals surface area (Å²) in [7, 11) is 0. The largest absolute Gasteiger partial charge is 0.370 e. The second-order valence-electron chi connectivity index (χ2n) is 9.32. The van der Waals surface area contributed by atoms with E-state index >= 15 is 0 Å². The normalized spacial score (nSPS) is 17.2. The van der Waals surface area contributed by atoms with E-state index in [1.807, 2.05) is 37.3 Å². The molecule has 0 fully saturated rings. The monoisotopic (exact) mass is 503 g/mol. The number of thioether (sulfide) groups is 1. The third-order valence-corrected chi connectivity index (χ3v) is 7.59. The molecule has 6 nitrogen and oxygen atoms in total. The van der Waals surface area contributed by atoms with Gasteiger partial charge in [0.15, 0.2) is 16.6 Å². The lowest BCUT2D eigenvalue weighted by molar-refractivity contribution is -0.0573. The Morgan fingerprint density at radius 2 is 1.86 bits per heavy atom. The summed E-state index contributed by atoms with van der Waals surface area (Å²) < 4.78 is 20.9. The van der Waals surface area contributed by atoms with Crippen molar-refractivity contribution in [3.05, 3.63) is 93.2 Å². The second-order valence-corrected chi connectivity index (χ2v) is 10.3. The number of Topliss-reactive ketones (excluding diaryl/α,β-unsaturated/α-hetero) is 1. The molecule has 1 unspecified atom stereocenters. The van der Waals surface area contributed by atoms with Gasteiger partial charge in [-0.05, 0) is 62.7 Å². The van der Waals surface area contributed by atoms with E-state index in [1.165, 1.54) is 40.6 Å². The molecule has 1 atom stereocenters. The highest BCUT2D eigenvalue weighted by molar-refractivity contribution is 7.99. The van der Waals surface area contributed by atoms with Crippen LogP contribution in [0.25, 0.3) is 16.7 Å². The third kappa shape index (κ3) is 4.70. The molecule has 2 aromatic carbocycles. The Morgan fingerprint density at radius 3 is 2.56 bits per heavy atom. The molecule has 0 N–H and O–H groups in total. The summed E-state index contributed by atoms with van der Waals surface area (Å²) in [5.41, 5.74) is 3.71. The van der Waals surface area contributed by atoms with Crippen LogP contribution in [0.2, 0.25) is 0 Å². The first-order valence-corrected chi connectivity index (χ1v) is 12.8. The highest BCUT2D eigenvalue weighted by Gasteiger charge is 2.31. The number of nitrogens with zero attached hydrogens (tertiary/aromatic N) is 3. The number of halogens is 1. The topological polar surface area (TPSA) is 74.1 Å². The van der Waals surface area contributed by atoms with Crippen LogP contribution in [0.1, 0.15) is 47.4 Å². The van der Waals surface area contributed by atoms with Crippen molar-refractivity contribution in [1.29, 1.82) is 0 Å². The second kappa shape index (κ2) is 9.59. The molecule has 1 aliphatic rings. The van der Waals surface area contributed by atoms with Gasteiger partial charge in [-0.2, -0.15) is 0 Å². The zero-order chi connectivity index (χ0) is 25.4. The van der Waals surface area contributed by atoms with Crippen LogP contribution in [0.15, 0.2) is 64.5 Å². The van der Waals surface area contributed by atoms with Gasteiger partial charge in [-0.1, -0.05) is 36.4 Å². The number of ether oxygens (including phenoxy) is 1. The summed E-state index contributed by atoms with van der Waals surface area (Å²) >= 11 is 1.17. The SMILES string of the molecule is CCC1(C)Cc2nc3nc(SCC(=O)c4ccc(F)cc4)n(-c4ccc(C)cc4)c(=O)c3cc2CO1. The maximum absolute atomic E-state index is 13.8. The van der Waals surface area contributed by atoms with Crippen molar-refractivity contribution in [3.8, 4) is 5.69 Å². The van der Waals surface area contributed by atoms with Gasteiger partial charge in [-0.25, -0.2) is 14.4 Å². The van der Waals surface area contributed by atoms with E-state index in [0.717, 1.165) is 23.2 Å². The number of aryl methyl sites for hydroxylation is 1. The van der Waals surface area contributed by atoms with Crippen LogP contribution in [0, 0.1) is 12.7 Å². The molecule has 4 aromatic rings. The molecular formula is C28H26FN3O3S. The number of benzene rings is 2. The number of fused-ring (bicyclic) bond motifs is 2. The lowest BCUT2D eigenvalue weighted by atomic mass is 9.91. The molecule has 0 spiro atoms. The Bertz CT molecular complexity index is 1520. The van der Waals surface area contributed by atoms with Crippen molar-refractivity contribution in [1.82, 2.24) is 14.5 Å². The molecule has 8 heteroatoms. The lowest BCUT2D eigenvalue weighted by Crippen LogP contribution is -2.35. The molecule has 1 aliphatic heterocycles. The Hall–Kier alpha value is -3.36. The molecule has 184 valence electrons. The molecule has 0 aliphatic carbocycles. The molecule has 5 rings (SSSR count). The fourth-order valence-corrected chi connectivity index (χ4v) is 5.10. The van der Waals surface area contributed by atoms with Gasteiger partial charge >= 0.3 is 0 Å². The first-order valence-electron chi connectivity index (χ1n) is 11.8. The maximum atomic E-state index is 13.8. The molecule has 2 aromatic heterocycles. The number of aromatic nitrogens is 3. The molecule has 36 heavy (non-hydrogen) atoms. The van der Waals surface area contributed by atoms with Crippen LogP contribution < -0.4 is 5.56 Å². The van der Waals surface area contributed by atoms with Gasteiger partial charge in [0.2, 0.25) is 0 Å². The van der Waals surface area contributed by atoms with Gasteiger partial charge in [0.25, 0.3) is 5.56 Å². The van der Waals surface area contributed by atoms with Crippen LogP contribution in [-0.2, 0) is 17.8 Å². The van der Waals surface area contributed by atoms with E-state index in [1.54, 1.807) is 0 Å². The number of hydrogen-bond acceptors (Lipinski definition) is 6. The number of ketones is 1. The average molecular weight is 504 g/mol. The lowest BCUT2D eigenvalue weighted by Gasteiger charge is -2.33. The Morgan fingerprint density at radius 1 is 1.14 bits per heavy atom. The first-order chi connectivity index (χ1) is 17.3. The highest BCUT2D eigenvalue weighted by atomic mass is 32.2. The number of carbonyl (C=O) groups is 1. The van der Waals surface area contributed by atoms with Gasteiger partial charge in [-0.15, -0.1) is 0 Å². The van der Waals surface area contributed by atoms with Gasteiger partial charge in [0.05, 0.1) is 34.7 Å². The van der Waals surface area contributed by atoms with Crippen molar-refractivity contribution >= 4 is 28.6 Å². The van der Waals surface area contributed by atoms with E-state index in [9.17, 15) is 14.0 Å². The van der Waals surface area contributed by atoms with Crippen LogP contribution in [-0.4, -0.2) is 31.7 Å². The smallest absolute Gasteiger partial charge is 0.268 e. The van der Waals surface area contributed by atoms with E-state index in [2.05, 4.69) is 13.8 Å². The van der Waals surface area contributed by atoms with E-state index in [-0.39, 0.29) is 22.7 Å². The zero-order valence-corrected chi connectivity index (χ0v) is 21.2. The number of rotatable bonds is 6. The maximum Gasteiger partial charge on any atom is 0.268 e. The van der Waals surface area contributed by atoms with Crippen LogP contribution in [0.5, 0.6) is 0 Å². The molecule has 0 amide bonds. The zero-order valence-electron chi connectivity index (χ0n) is 20.4. The summed E-state index contributed by atoms with van der Waals surface area (Å²) in [5, 5.41) is 0.789. The summed E-state index contributed by atoms with van der Waals surface area (Å²) in [6, 6.07) is 14.8. The number of hydrogen-bond donors (Lipinski definition) is 0. The van der Waals surface area contributed by atoms with Gasteiger partial charge in [0, 0.05) is 17.5 Å². The summed E-state index contributed by atoms with van der Waals surface area (Å²) in [4.78, 5) is 36.1. The minimum atomic E-state index is -0.400. The predicted octanol–water partition coefficient (Wildman–Crippen LogP) is 5.44. The van der Waals surface area contributed by atoms with Crippen molar-refractivity contribution in [2.75, 3.05) is 5.75 Å². The Labute approximate surface area is 212 Å². The van der Waals surface area contributed by atoms with E-state index in [4.69, 9.17) is 14.7 Å². The fourth-order valence-electron chi connectivity index (χ4n) is 4.20. The average Bonchev–Trinajstić information content (AvgIpc) is 2.87. The molecule has 0 saturated heterocycles. The van der Waals surface area contributed by atoms with E-state index < -0.39 is 5.82 Å². The predicted molar refractivity (Wildman–Crippen MR) is 139 cm³/mol. The van der Waals surface area contributed by atoms with Crippen molar-refractivity contribution in [2.45, 2.75) is 51.0 Å². The standard InChI is InChI=1S/C28H26FN3O3S/c1-4-28(3)14-23-19(15-35-28)13-22-25(30-23)31-27(32(26(22)34)21-11-5-17(2)6-12-21)36-16-24(33)18-7-9-20(29)10-8-18/h5-13H,4,14-16H2,1-3H3. The quantitative estimate of drug-likeness (QED) is 0.198. The van der Waals surface area contributed by atoms with Crippen LogP contribution >= 0.6 is 11.8 Å². The Balaban J connectivity index is 1.59. The van der Waals surface area contributed by atoms with E-state index in [0.29, 0.717) is 40.5 Å². The van der Waals surface area contributed by atoms with Crippen LogP contribution in [0.3, 0.4) is 0 Å². The molecular weight excluding hydrogens is 477 g/mol. The Kier molecular flexibility index (Phi) is 6.49. The summed E-state index contributed by atoms with van der Waals surface area (Å²) in [6.07, 6.45) is 1.49. The molecule has 3 heterocycles. The molecule has 0 bridgehead atoms. The molecule has 0 saturated carbocycles. The van der Waals surface area contributed by atoms with Gasteiger partial charge < -0.3 is 4.74 Å². The van der Waals surface area contributed by atoms with Crippen molar-refractivity contribution in [3.63, 3.8) is 0 Å². The molecule has 0 radical (unpaired) electrons. The van der Waals surface area contributed by atoms with Crippen molar-refractivity contribution < 1.29 is 13.9 Å². The van der Waals surface area contributed by atoms with Crippen molar-refractivity contribution in [2.24, 2.45) is 0 Å². The number of pyridine rings is 1. The minimum Gasteiger partial charge on any atom is -0.370 e. The summed E-state index contributed by atoms with van der Waals surface area (Å²) in [6.45, 7) is 6.52. The summed E-state index contributed by atoms with van der Waals surface area (Å²) in [5.74, 6) is -0.538. The van der Waals surface area contributed by atoms with Gasteiger partial charge in [-0.3, -0.25) is 14.2 Å². The first kappa shape index (κ1) is 24.3. The number of carbonyl (C=O) groups excluding carboxylic acids is 1. The highest BCUT2D eigenvalue weighted by Crippen LogP contribution is 2.31. The minimum absolute atomic E-state index is 0.0438. The van der Waals surface area contributed by atoms with Crippen LogP contribution in [0.4, 0.5) is 4.39 Å².